The number of aromatic hydroxyl groups is 1. The van der Waals surface area contributed by atoms with Gasteiger partial charge in [-0.15, -0.1) is 6.58 Å². The van der Waals surface area contributed by atoms with Crippen LogP contribution in [0.5, 0.6) is 5.75 Å². The van der Waals surface area contributed by atoms with Crippen molar-refractivity contribution in [3.63, 3.8) is 0 Å². The minimum Gasteiger partial charge on any atom is -0.506 e. The van der Waals surface area contributed by atoms with Crippen LogP contribution in [0.3, 0.4) is 0 Å². The standard InChI is InChI=1S/C17H20N2O4/c1-6-9-19-14-11(8-7-10(2)18-14)13(20)12(15(19)21)16(22)23-17(3,4)5/h6-8,20H,1,9H2,2-5H3. The molecular formula is C17H20N2O4. The van der Waals surface area contributed by atoms with Crippen LogP contribution in [-0.2, 0) is 11.3 Å². The van der Waals surface area contributed by atoms with Gasteiger partial charge in [-0.05, 0) is 39.8 Å². The summed E-state index contributed by atoms with van der Waals surface area (Å²) >= 11 is 0. The zero-order valence-electron chi connectivity index (χ0n) is 13.7. The summed E-state index contributed by atoms with van der Waals surface area (Å²) in [6, 6.07) is 3.32. The van der Waals surface area contributed by atoms with Crippen LogP contribution in [0.4, 0.5) is 0 Å². The average molecular weight is 316 g/mol. The maximum atomic E-state index is 12.6. The van der Waals surface area contributed by atoms with Gasteiger partial charge in [0.15, 0.2) is 5.56 Å². The van der Waals surface area contributed by atoms with Gasteiger partial charge in [0, 0.05) is 12.2 Å². The summed E-state index contributed by atoms with van der Waals surface area (Å²) < 4.78 is 6.53. The quantitative estimate of drug-likeness (QED) is 0.695. The molecule has 2 rings (SSSR count). The number of fused-ring (bicyclic) bond motifs is 1. The highest BCUT2D eigenvalue weighted by Crippen LogP contribution is 2.27. The van der Waals surface area contributed by atoms with E-state index < -0.39 is 22.9 Å². The number of aryl methyl sites for hydroxylation is 1. The van der Waals surface area contributed by atoms with E-state index in [0.29, 0.717) is 16.7 Å². The minimum atomic E-state index is -0.861. The summed E-state index contributed by atoms with van der Waals surface area (Å²) in [6.45, 7) is 10.6. The molecule has 6 heteroatoms. The minimum absolute atomic E-state index is 0.169. The van der Waals surface area contributed by atoms with Crippen molar-refractivity contribution in [2.75, 3.05) is 0 Å². The molecule has 0 aliphatic heterocycles. The van der Waals surface area contributed by atoms with Gasteiger partial charge in [-0.3, -0.25) is 9.36 Å². The van der Waals surface area contributed by atoms with Crippen molar-refractivity contribution in [1.29, 1.82) is 0 Å². The Kier molecular flexibility index (Phi) is 4.27. The first kappa shape index (κ1) is 16.7. The zero-order valence-corrected chi connectivity index (χ0v) is 13.7. The molecule has 23 heavy (non-hydrogen) atoms. The molecule has 0 aromatic carbocycles. The molecule has 0 atom stereocenters. The van der Waals surface area contributed by atoms with Crippen LogP contribution >= 0.6 is 0 Å². The molecule has 2 aromatic heterocycles. The summed E-state index contributed by atoms with van der Waals surface area (Å²) in [7, 11) is 0. The second-order valence-electron chi connectivity index (χ2n) is 6.25. The Bertz CT molecular complexity index is 844. The normalized spacial score (nSPS) is 11.5. The highest BCUT2D eigenvalue weighted by atomic mass is 16.6. The number of hydrogen-bond acceptors (Lipinski definition) is 5. The van der Waals surface area contributed by atoms with E-state index in [9.17, 15) is 14.7 Å². The topological polar surface area (TPSA) is 81.4 Å². The Morgan fingerprint density at radius 1 is 1.43 bits per heavy atom. The van der Waals surface area contributed by atoms with Gasteiger partial charge in [0.2, 0.25) is 0 Å². The van der Waals surface area contributed by atoms with Crippen molar-refractivity contribution in [3.05, 3.63) is 46.4 Å². The van der Waals surface area contributed by atoms with Crippen molar-refractivity contribution in [1.82, 2.24) is 9.55 Å². The van der Waals surface area contributed by atoms with E-state index in [-0.39, 0.29) is 12.1 Å². The Morgan fingerprint density at radius 2 is 2.09 bits per heavy atom. The number of ether oxygens (including phenoxy) is 1. The molecule has 6 nitrogen and oxygen atoms in total. The maximum absolute atomic E-state index is 12.6. The van der Waals surface area contributed by atoms with Crippen LogP contribution in [0, 0.1) is 6.92 Å². The summed E-state index contributed by atoms with van der Waals surface area (Å²) in [5.74, 6) is -1.27. The van der Waals surface area contributed by atoms with Gasteiger partial charge >= 0.3 is 5.97 Å². The second kappa shape index (κ2) is 5.87. The highest BCUT2D eigenvalue weighted by molar-refractivity contribution is 5.98. The molecule has 2 heterocycles. The van der Waals surface area contributed by atoms with Gasteiger partial charge in [-0.2, -0.15) is 0 Å². The van der Waals surface area contributed by atoms with Crippen molar-refractivity contribution in [3.8, 4) is 5.75 Å². The lowest BCUT2D eigenvalue weighted by molar-refractivity contribution is 0.00645. The number of nitrogens with zero attached hydrogens (tertiary/aromatic N) is 2. The fourth-order valence-corrected chi connectivity index (χ4v) is 2.21. The predicted molar refractivity (Wildman–Crippen MR) is 87.8 cm³/mol. The molecule has 0 unspecified atom stereocenters. The van der Waals surface area contributed by atoms with Crippen molar-refractivity contribution in [2.45, 2.75) is 39.8 Å². The molecule has 0 aliphatic rings. The number of esters is 1. The number of pyridine rings is 2. The maximum Gasteiger partial charge on any atom is 0.348 e. The van der Waals surface area contributed by atoms with E-state index in [4.69, 9.17) is 4.74 Å². The summed E-state index contributed by atoms with van der Waals surface area (Å²) in [5, 5.41) is 10.7. The molecular weight excluding hydrogens is 296 g/mol. The van der Waals surface area contributed by atoms with Gasteiger partial charge in [0.1, 0.15) is 17.0 Å². The second-order valence-corrected chi connectivity index (χ2v) is 6.25. The smallest absolute Gasteiger partial charge is 0.348 e. The van der Waals surface area contributed by atoms with E-state index in [0.717, 1.165) is 0 Å². The summed E-state index contributed by atoms with van der Waals surface area (Å²) in [5.41, 5.74) is -0.819. The lowest BCUT2D eigenvalue weighted by Crippen LogP contribution is -2.32. The molecule has 0 amide bonds. The third-order valence-electron chi connectivity index (χ3n) is 3.14. The predicted octanol–water partition coefficient (Wildman–Crippen LogP) is 2.55. The van der Waals surface area contributed by atoms with Crippen LogP contribution in [0.1, 0.15) is 36.8 Å². The Hall–Kier alpha value is -2.63. The molecule has 0 bridgehead atoms. The number of aromatic nitrogens is 2. The Morgan fingerprint density at radius 3 is 2.65 bits per heavy atom. The monoisotopic (exact) mass is 316 g/mol. The summed E-state index contributed by atoms with van der Waals surface area (Å²) in [6.07, 6.45) is 1.53. The van der Waals surface area contributed by atoms with Crippen LogP contribution in [0.2, 0.25) is 0 Å². The van der Waals surface area contributed by atoms with Crippen LogP contribution in [0.25, 0.3) is 11.0 Å². The van der Waals surface area contributed by atoms with Crippen molar-refractivity contribution < 1.29 is 14.6 Å². The average Bonchev–Trinajstić information content (AvgIpc) is 2.41. The number of carbonyl (C=O) groups excluding carboxylic acids is 1. The van der Waals surface area contributed by atoms with Gasteiger partial charge < -0.3 is 9.84 Å². The lowest BCUT2D eigenvalue weighted by atomic mass is 10.1. The van der Waals surface area contributed by atoms with Crippen LogP contribution in [0.15, 0.2) is 29.6 Å². The van der Waals surface area contributed by atoms with Crippen molar-refractivity contribution >= 4 is 17.0 Å². The molecule has 2 aromatic rings. The first-order chi connectivity index (χ1) is 10.7. The number of rotatable bonds is 3. The van der Waals surface area contributed by atoms with Gasteiger partial charge in [-0.1, -0.05) is 6.08 Å². The zero-order chi connectivity index (χ0) is 17.4. The molecule has 0 spiro atoms. The third-order valence-corrected chi connectivity index (χ3v) is 3.14. The van der Waals surface area contributed by atoms with Crippen LogP contribution in [-0.4, -0.2) is 26.2 Å². The number of allylic oxidation sites excluding steroid dienone is 1. The SMILES string of the molecule is C=CCn1c(=O)c(C(=O)OC(C)(C)C)c(O)c2ccc(C)nc21. The third kappa shape index (κ3) is 3.26. The highest BCUT2D eigenvalue weighted by Gasteiger charge is 2.27. The van der Waals surface area contributed by atoms with E-state index in [1.165, 1.54) is 10.6 Å². The number of carbonyl (C=O) groups is 1. The summed E-state index contributed by atoms with van der Waals surface area (Å²) in [4.78, 5) is 29.3. The Labute approximate surface area is 134 Å². The van der Waals surface area contributed by atoms with Crippen molar-refractivity contribution in [2.24, 2.45) is 0 Å². The molecule has 0 aliphatic carbocycles. The number of hydrogen-bond donors (Lipinski definition) is 1. The van der Waals surface area contributed by atoms with E-state index in [1.807, 2.05) is 0 Å². The van der Waals surface area contributed by atoms with E-state index in [2.05, 4.69) is 11.6 Å². The molecule has 0 saturated heterocycles. The van der Waals surface area contributed by atoms with E-state index >= 15 is 0 Å². The van der Waals surface area contributed by atoms with Crippen LogP contribution < -0.4 is 5.56 Å². The molecule has 0 saturated carbocycles. The molecule has 122 valence electrons. The van der Waals surface area contributed by atoms with E-state index in [1.54, 1.807) is 39.8 Å². The molecule has 0 radical (unpaired) electrons. The molecule has 0 fully saturated rings. The fourth-order valence-electron chi connectivity index (χ4n) is 2.21. The first-order valence-corrected chi connectivity index (χ1v) is 7.23. The van der Waals surface area contributed by atoms with Gasteiger partial charge in [-0.25, -0.2) is 9.78 Å². The molecule has 1 N–H and O–H groups in total. The van der Waals surface area contributed by atoms with Gasteiger partial charge in [0.05, 0.1) is 5.39 Å². The fraction of sp³-hybridized carbons (Fsp3) is 0.353. The first-order valence-electron chi connectivity index (χ1n) is 7.23. The van der Waals surface area contributed by atoms with Gasteiger partial charge in [0.25, 0.3) is 5.56 Å². The largest absolute Gasteiger partial charge is 0.506 e. The lowest BCUT2D eigenvalue weighted by Gasteiger charge is -2.20. The Balaban J connectivity index is 2.81.